The number of nitrogens with zero attached hydrogens (tertiary/aromatic N) is 2. The van der Waals surface area contributed by atoms with Gasteiger partial charge in [-0.05, 0) is 13.8 Å². The molecule has 16 heavy (non-hydrogen) atoms. The summed E-state index contributed by atoms with van der Waals surface area (Å²) < 4.78 is 6.67. The lowest BCUT2D eigenvalue weighted by Crippen LogP contribution is -1.83. The van der Waals surface area contributed by atoms with E-state index in [4.69, 9.17) is 4.42 Å². The maximum atomic E-state index is 5.51. The molecule has 0 aliphatic carbocycles. The van der Waals surface area contributed by atoms with Crippen molar-refractivity contribution >= 4 is 28.2 Å². The minimum Gasteiger partial charge on any atom is -0.445 e. The molecule has 0 amide bonds. The van der Waals surface area contributed by atoms with Gasteiger partial charge in [-0.3, -0.25) is 0 Å². The van der Waals surface area contributed by atoms with E-state index in [-0.39, 0.29) is 0 Å². The first-order valence-corrected chi connectivity index (χ1v) is 6.68. The van der Waals surface area contributed by atoms with Crippen LogP contribution < -0.4 is 5.32 Å². The molecule has 2 aromatic heterocycles. The van der Waals surface area contributed by atoms with E-state index in [1.54, 1.807) is 23.1 Å². The summed E-state index contributed by atoms with van der Waals surface area (Å²) >= 11 is 3.33. The Morgan fingerprint density at radius 3 is 2.88 bits per heavy atom. The van der Waals surface area contributed by atoms with Gasteiger partial charge in [0.1, 0.15) is 5.76 Å². The van der Waals surface area contributed by atoms with Crippen LogP contribution in [0.4, 0.5) is 5.13 Å². The van der Waals surface area contributed by atoms with Crippen LogP contribution in [0, 0.1) is 13.8 Å². The predicted molar refractivity (Wildman–Crippen MR) is 67.2 cm³/mol. The number of oxazole rings is 1. The largest absolute Gasteiger partial charge is 0.445 e. The van der Waals surface area contributed by atoms with Crippen molar-refractivity contribution in [3.63, 3.8) is 0 Å². The standard InChI is InChI=1S/C10H13N3OS2/c1-6-7(2)14-8(13-6)5-15-9-4-12-10(11-3)16-9/h4H,5H2,1-3H3,(H,11,12). The molecule has 0 unspecified atom stereocenters. The molecule has 0 spiro atoms. The van der Waals surface area contributed by atoms with Crippen molar-refractivity contribution in [3.05, 3.63) is 23.5 Å². The van der Waals surface area contributed by atoms with E-state index in [9.17, 15) is 0 Å². The molecule has 0 radical (unpaired) electrons. The highest BCUT2D eigenvalue weighted by Crippen LogP contribution is 2.30. The highest BCUT2D eigenvalue weighted by molar-refractivity contribution is 8.00. The van der Waals surface area contributed by atoms with Gasteiger partial charge in [-0.15, -0.1) is 11.8 Å². The molecular formula is C10H13N3OS2. The number of aryl methyl sites for hydroxylation is 2. The first-order valence-electron chi connectivity index (χ1n) is 4.88. The first kappa shape index (κ1) is 11.5. The molecule has 0 saturated heterocycles. The molecule has 0 aliphatic rings. The van der Waals surface area contributed by atoms with Crippen LogP contribution >= 0.6 is 23.1 Å². The van der Waals surface area contributed by atoms with Crippen molar-refractivity contribution in [2.45, 2.75) is 23.8 Å². The maximum absolute atomic E-state index is 5.51. The van der Waals surface area contributed by atoms with Gasteiger partial charge in [0.05, 0.1) is 21.9 Å². The zero-order valence-corrected chi connectivity index (χ0v) is 11.0. The summed E-state index contributed by atoms with van der Waals surface area (Å²) in [6.07, 6.45) is 1.86. The molecule has 0 atom stereocenters. The molecule has 0 bridgehead atoms. The second-order valence-corrected chi connectivity index (χ2v) is 5.58. The van der Waals surface area contributed by atoms with Gasteiger partial charge in [-0.2, -0.15) is 0 Å². The van der Waals surface area contributed by atoms with Crippen LogP contribution in [-0.2, 0) is 5.75 Å². The third-order valence-corrected chi connectivity index (χ3v) is 4.30. The molecule has 0 fully saturated rings. The van der Waals surface area contributed by atoms with E-state index < -0.39 is 0 Å². The second kappa shape index (κ2) is 4.88. The van der Waals surface area contributed by atoms with Crippen molar-refractivity contribution in [1.29, 1.82) is 0 Å². The molecule has 4 nitrogen and oxygen atoms in total. The zero-order valence-electron chi connectivity index (χ0n) is 9.40. The molecule has 2 aromatic rings. The van der Waals surface area contributed by atoms with Gasteiger partial charge >= 0.3 is 0 Å². The van der Waals surface area contributed by atoms with Gasteiger partial charge in [0.15, 0.2) is 5.13 Å². The summed E-state index contributed by atoms with van der Waals surface area (Å²) in [6.45, 7) is 3.89. The van der Waals surface area contributed by atoms with Gasteiger partial charge < -0.3 is 9.73 Å². The third-order valence-electron chi connectivity index (χ3n) is 2.11. The Morgan fingerprint density at radius 2 is 2.31 bits per heavy atom. The minimum atomic E-state index is 0.750. The lowest BCUT2D eigenvalue weighted by atomic mass is 10.4. The molecule has 2 rings (SSSR count). The van der Waals surface area contributed by atoms with Crippen LogP contribution in [0.2, 0.25) is 0 Å². The molecule has 6 heteroatoms. The second-order valence-electron chi connectivity index (χ2n) is 3.27. The minimum absolute atomic E-state index is 0.750. The van der Waals surface area contributed by atoms with E-state index in [2.05, 4.69) is 15.3 Å². The summed E-state index contributed by atoms with van der Waals surface area (Å²) in [4.78, 5) is 8.54. The fourth-order valence-corrected chi connectivity index (χ4v) is 2.84. The average Bonchev–Trinajstić information content (AvgIpc) is 2.84. The number of thioether (sulfide) groups is 1. The topological polar surface area (TPSA) is 51.0 Å². The Kier molecular flexibility index (Phi) is 3.50. The molecule has 0 saturated carbocycles. The van der Waals surface area contributed by atoms with Crippen LogP contribution in [0.3, 0.4) is 0 Å². The monoisotopic (exact) mass is 255 g/mol. The fraction of sp³-hybridized carbons (Fsp3) is 0.400. The van der Waals surface area contributed by atoms with Gasteiger partial charge in [0.2, 0.25) is 5.89 Å². The number of aromatic nitrogens is 2. The molecule has 1 N–H and O–H groups in total. The van der Waals surface area contributed by atoms with Gasteiger partial charge in [-0.1, -0.05) is 11.3 Å². The van der Waals surface area contributed by atoms with E-state index >= 15 is 0 Å². The summed E-state index contributed by atoms with van der Waals surface area (Å²) in [7, 11) is 1.87. The number of hydrogen-bond donors (Lipinski definition) is 1. The van der Waals surface area contributed by atoms with Crippen LogP contribution in [-0.4, -0.2) is 17.0 Å². The molecule has 2 heterocycles. The Hall–Kier alpha value is -1.01. The number of thiazole rings is 1. The van der Waals surface area contributed by atoms with E-state index in [1.165, 1.54) is 0 Å². The number of hydrogen-bond acceptors (Lipinski definition) is 6. The van der Waals surface area contributed by atoms with Crippen LogP contribution in [0.15, 0.2) is 14.8 Å². The number of rotatable bonds is 4. The molecule has 0 aromatic carbocycles. The Balaban J connectivity index is 1.96. The summed E-state index contributed by atoms with van der Waals surface area (Å²) in [5.74, 6) is 2.43. The third kappa shape index (κ3) is 2.56. The van der Waals surface area contributed by atoms with Crippen molar-refractivity contribution in [2.24, 2.45) is 0 Å². The van der Waals surface area contributed by atoms with Crippen LogP contribution in [0.5, 0.6) is 0 Å². The Morgan fingerprint density at radius 1 is 1.50 bits per heavy atom. The van der Waals surface area contributed by atoms with Crippen molar-refractivity contribution in [2.75, 3.05) is 12.4 Å². The first-order chi connectivity index (χ1) is 7.69. The van der Waals surface area contributed by atoms with Crippen molar-refractivity contribution in [1.82, 2.24) is 9.97 Å². The molecule has 0 aliphatic heterocycles. The highest BCUT2D eigenvalue weighted by atomic mass is 32.2. The summed E-state index contributed by atoms with van der Waals surface area (Å²) in [6, 6.07) is 0. The van der Waals surface area contributed by atoms with Gasteiger partial charge in [-0.25, -0.2) is 9.97 Å². The summed E-state index contributed by atoms with van der Waals surface area (Å²) in [5, 5.41) is 3.95. The van der Waals surface area contributed by atoms with Crippen molar-refractivity contribution in [3.8, 4) is 0 Å². The predicted octanol–water partition coefficient (Wildman–Crippen LogP) is 3.08. The smallest absolute Gasteiger partial charge is 0.205 e. The number of anilines is 1. The Labute approximate surface area is 102 Å². The summed E-state index contributed by atoms with van der Waals surface area (Å²) in [5.41, 5.74) is 0.968. The van der Waals surface area contributed by atoms with Gasteiger partial charge in [0, 0.05) is 7.05 Å². The normalized spacial score (nSPS) is 10.7. The van der Waals surface area contributed by atoms with Crippen molar-refractivity contribution < 1.29 is 4.42 Å². The quantitative estimate of drug-likeness (QED) is 0.851. The van der Waals surface area contributed by atoms with E-state index in [1.807, 2.05) is 27.1 Å². The van der Waals surface area contributed by atoms with Crippen LogP contribution in [0.1, 0.15) is 17.3 Å². The fourth-order valence-electron chi connectivity index (χ4n) is 1.18. The zero-order chi connectivity index (χ0) is 11.5. The maximum Gasteiger partial charge on any atom is 0.205 e. The SMILES string of the molecule is CNc1ncc(SCc2nc(C)c(C)o2)s1. The van der Waals surface area contributed by atoms with Crippen LogP contribution in [0.25, 0.3) is 0 Å². The van der Waals surface area contributed by atoms with E-state index in [0.717, 1.165) is 32.4 Å². The Bertz CT molecular complexity index is 459. The van der Waals surface area contributed by atoms with Gasteiger partial charge in [0.25, 0.3) is 0 Å². The molecular weight excluding hydrogens is 242 g/mol. The molecule has 86 valence electrons. The lowest BCUT2D eigenvalue weighted by molar-refractivity contribution is 0.490. The lowest BCUT2D eigenvalue weighted by Gasteiger charge is -1.92. The van der Waals surface area contributed by atoms with E-state index in [0.29, 0.717) is 0 Å². The average molecular weight is 255 g/mol. The number of nitrogens with one attached hydrogen (secondary N) is 1. The highest BCUT2D eigenvalue weighted by Gasteiger charge is 2.07.